The second kappa shape index (κ2) is 5.98. The van der Waals surface area contributed by atoms with Crippen LogP contribution in [-0.2, 0) is 4.79 Å². The maximum absolute atomic E-state index is 13.6. The van der Waals surface area contributed by atoms with Crippen LogP contribution >= 0.6 is 11.6 Å². The van der Waals surface area contributed by atoms with Gasteiger partial charge in [0.25, 0.3) is 0 Å². The van der Waals surface area contributed by atoms with Crippen molar-refractivity contribution in [2.45, 2.75) is 19.3 Å². The molecule has 1 atom stereocenters. The van der Waals surface area contributed by atoms with E-state index in [1.54, 1.807) is 18.2 Å². The molecule has 0 aromatic heterocycles. The SMILES string of the molecule is CC(CC(=O)Cl)c1ccc(-c2ccccc2F)cc1. The van der Waals surface area contributed by atoms with Crippen molar-refractivity contribution in [1.82, 2.24) is 0 Å². The lowest BCUT2D eigenvalue weighted by atomic mass is 9.95. The normalized spacial score (nSPS) is 12.2. The Hall–Kier alpha value is -1.67. The first kappa shape index (κ1) is 13.8. The van der Waals surface area contributed by atoms with E-state index < -0.39 is 0 Å². The van der Waals surface area contributed by atoms with E-state index in [0.717, 1.165) is 11.1 Å². The van der Waals surface area contributed by atoms with E-state index in [2.05, 4.69) is 0 Å². The summed E-state index contributed by atoms with van der Waals surface area (Å²) < 4.78 is 13.6. The summed E-state index contributed by atoms with van der Waals surface area (Å²) in [4.78, 5) is 10.9. The largest absolute Gasteiger partial charge is 0.281 e. The van der Waals surface area contributed by atoms with E-state index in [1.165, 1.54) is 6.07 Å². The van der Waals surface area contributed by atoms with Gasteiger partial charge in [0.15, 0.2) is 0 Å². The summed E-state index contributed by atoms with van der Waals surface area (Å²) in [6.45, 7) is 1.94. The number of hydrogen-bond acceptors (Lipinski definition) is 1. The molecular weight excluding hydrogens is 263 g/mol. The molecule has 3 heteroatoms. The molecule has 0 amide bonds. The van der Waals surface area contributed by atoms with Crippen LogP contribution in [0.1, 0.15) is 24.8 Å². The van der Waals surface area contributed by atoms with Crippen molar-refractivity contribution in [3.05, 3.63) is 59.9 Å². The summed E-state index contributed by atoms with van der Waals surface area (Å²) in [5.74, 6) is -0.168. The van der Waals surface area contributed by atoms with Crippen molar-refractivity contribution < 1.29 is 9.18 Å². The van der Waals surface area contributed by atoms with Crippen molar-refractivity contribution in [2.75, 3.05) is 0 Å². The Morgan fingerprint density at radius 2 is 1.79 bits per heavy atom. The summed E-state index contributed by atoms with van der Waals surface area (Å²) >= 11 is 5.38. The molecule has 0 aliphatic carbocycles. The standard InChI is InChI=1S/C16H14ClFO/c1-11(10-16(17)19)12-6-8-13(9-7-12)14-4-2-3-5-15(14)18/h2-9,11H,10H2,1H3. The molecular formula is C16H14ClFO. The van der Waals surface area contributed by atoms with Crippen LogP contribution in [0.5, 0.6) is 0 Å². The highest BCUT2D eigenvalue weighted by molar-refractivity contribution is 6.63. The zero-order valence-electron chi connectivity index (χ0n) is 10.6. The lowest BCUT2D eigenvalue weighted by Gasteiger charge is -2.10. The minimum Gasteiger partial charge on any atom is -0.281 e. The summed E-state index contributed by atoms with van der Waals surface area (Å²) in [7, 11) is 0. The molecule has 0 fully saturated rings. The highest BCUT2D eigenvalue weighted by atomic mass is 35.5. The van der Waals surface area contributed by atoms with Gasteiger partial charge in [-0.1, -0.05) is 49.4 Å². The number of rotatable bonds is 4. The van der Waals surface area contributed by atoms with Crippen LogP contribution in [0.15, 0.2) is 48.5 Å². The lowest BCUT2D eigenvalue weighted by molar-refractivity contribution is -0.111. The third kappa shape index (κ3) is 3.42. The first-order valence-corrected chi connectivity index (χ1v) is 6.49. The molecule has 98 valence electrons. The highest BCUT2D eigenvalue weighted by Gasteiger charge is 2.10. The van der Waals surface area contributed by atoms with Crippen LogP contribution in [0, 0.1) is 5.82 Å². The maximum Gasteiger partial charge on any atom is 0.222 e. The summed E-state index contributed by atoms with van der Waals surface area (Å²) in [5, 5.41) is -0.342. The van der Waals surface area contributed by atoms with Gasteiger partial charge in [-0.15, -0.1) is 0 Å². The minimum absolute atomic E-state index is 0.0691. The van der Waals surface area contributed by atoms with Crippen molar-refractivity contribution in [3.8, 4) is 11.1 Å². The number of carbonyl (C=O) groups excluding carboxylic acids is 1. The molecule has 0 radical (unpaired) electrons. The summed E-state index contributed by atoms with van der Waals surface area (Å²) in [6, 6.07) is 14.2. The van der Waals surface area contributed by atoms with E-state index in [-0.39, 0.29) is 17.0 Å². The van der Waals surface area contributed by atoms with Gasteiger partial charge >= 0.3 is 0 Å². The average Bonchev–Trinajstić information content (AvgIpc) is 2.39. The Balaban J connectivity index is 2.24. The van der Waals surface area contributed by atoms with Crippen LogP contribution in [0.25, 0.3) is 11.1 Å². The molecule has 2 aromatic rings. The number of benzene rings is 2. The van der Waals surface area contributed by atoms with Crippen LogP contribution in [0.3, 0.4) is 0 Å². The van der Waals surface area contributed by atoms with Gasteiger partial charge in [-0.3, -0.25) is 4.79 Å². The second-order valence-electron chi connectivity index (χ2n) is 4.56. The fraction of sp³-hybridized carbons (Fsp3) is 0.188. The van der Waals surface area contributed by atoms with E-state index >= 15 is 0 Å². The fourth-order valence-corrected chi connectivity index (χ4v) is 2.28. The van der Waals surface area contributed by atoms with Gasteiger partial charge in [-0.2, -0.15) is 0 Å². The average molecular weight is 277 g/mol. The van der Waals surface area contributed by atoms with E-state index in [1.807, 2.05) is 31.2 Å². The number of carbonyl (C=O) groups is 1. The molecule has 0 bridgehead atoms. The van der Waals surface area contributed by atoms with Gasteiger partial charge < -0.3 is 0 Å². The topological polar surface area (TPSA) is 17.1 Å². The Labute approximate surface area is 117 Å². The minimum atomic E-state index is -0.342. The molecule has 0 aliphatic heterocycles. The monoisotopic (exact) mass is 276 g/mol. The summed E-state index contributed by atoms with van der Waals surface area (Å²) in [5.41, 5.74) is 2.43. The molecule has 19 heavy (non-hydrogen) atoms. The molecule has 2 aromatic carbocycles. The Bertz CT molecular complexity index is 578. The van der Waals surface area contributed by atoms with E-state index in [0.29, 0.717) is 12.0 Å². The van der Waals surface area contributed by atoms with Gasteiger partial charge in [0.2, 0.25) is 5.24 Å². The van der Waals surface area contributed by atoms with Gasteiger partial charge in [-0.05, 0) is 34.7 Å². The molecule has 0 aliphatic rings. The predicted molar refractivity (Wildman–Crippen MR) is 75.7 cm³/mol. The molecule has 0 heterocycles. The Kier molecular flexibility index (Phi) is 4.33. The molecule has 0 spiro atoms. The zero-order valence-corrected chi connectivity index (χ0v) is 11.3. The second-order valence-corrected chi connectivity index (χ2v) is 4.98. The van der Waals surface area contributed by atoms with Crippen molar-refractivity contribution in [3.63, 3.8) is 0 Å². The van der Waals surface area contributed by atoms with Gasteiger partial charge in [0.05, 0.1) is 0 Å². The van der Waals surface area contributed by atoms with Crippen LogP contribution < -0.4 is 0 Å². The van der Waals surface area contributed by atoms with Crippen LogP contribution in [0.4, 0.5) is 4.39 Å². The van der Waals surface area contributed by atoms with Crippen molar-refractivity contribution >= 4 is 16.8 Å². The van der Waals surface area contributed by atoms with Gasteiger partial charge in [0.1, 0.15) is 5.82 Å². The predicted octanol–water partition coefficient (Wildman–Crippen LogP) is 4.75. The third-order valence-corrected chi connectivity index (χ3v) is 3.29. The van der Waals surface area contributed by atoms with Crippen LogP contribution in [-0.4, -0.2) is 5.24 Å². The number of halogens is 2. The molecule has 1 unspecified atom stereocenters. The van der Waals surface area contributed by atoms with Gasteiger partial charge in [0, 0.05) is 12.0 Å². The van der Waals surface area contributed by atoms with E-state index in [4.69, 9.17) is 11.6 Å². The Morgan fingerprint density at radius 3 is 2.37 bits per heavy atom. The molecule has 1 nitrogen and oxygen atoms in total. The lowest BCUT2D eigenvalue weighted by Crippen LogP contribution is -1.98. The molecule has 0 N–H and O–H groups in total. The Morgan fingerprint density at radius 1 is 1.16 bits per heavy atom. The van der Waals surface area contributed by atoms with Crippen molar-refractivity contribution in [2.24, 2.45) is 0 Å². The first-order chi connectivity index (χ1) is 9.08. The van der Waals surface area contributed by atoms with Gasteiger partial charge in [-0.25, -0.2) is 4.39 Å². The number of hydrogen-bond donors (Lipinski definition) is 0. The summed E-state index contributed by atoms with van der Waals surface area (Å²) in [6.07, 6.45) is 0.306. The first-order valence-electron chi connectivity index (χ1n) is 6.11. The highest BCUT2D eigenvalue weighted by Crippen LogP contribution is 2.26. The molecule has 2 rings (SSSR count). The van der Waals surface area contributed by atoms with Crippen LogP contribution in [0.2, 0.25) is 0 Å². The van der Waals surface area contributed by atoms with E-state index in [9.17, 15) is 9.18 Å². The maximum atomic E-state index is 13.6. The quantitative estimate of drug-likeness (QED) is 0.737. The third-order valence-electron chi connectivity index (χ3n) is 3.13. The smallest absolute Gasteiger partial charge is 0.222 e. The molecule has 0 saturated carbocycles. The fourth-order valence-electron chi connectivity index (χ4n) is 2.05. The van der Waals surface area contributed by atoms with Crippen molar-refractivity contribution in [1.29, 1.82) is 0 Å². The molecule has 0 saturated heterocycles. The zero-order chi connectivity index (χ0) is 13.8.